The lowest BCUT2D eigenvalue weighted by molar-refractivity contribution is -0.108. The summed E-state index contributed by atoms with van der Waals surface area (Å²) in [5, 5.41) is 3.67. The van der Waals surface area contributed by atoms with Crippen LogP contribution in [-0.4, -0.2) is 6.29 Å². The molecule has 0 spiro atoms. The van der Waals surface area contributed by atoms with Crippen LogP contribution in [0, 0.1) is 6.57 Å². The van der Waals surface area contributed by atoms with Gasteiger partial charge in [0.15, 0.2) is 0 Å². The van der Waals surface area contributed by atoms with Crippen molar-refractivity contribution in [1.82, 2.24) is 0 Å². The van der Waals surface area contributed by atoms with E-state index < -0.39 is 6.04 Å². The molecule has 3 heteroatoms. The number of aldehydes is 1. The van der Waals surface area contributed by atoms with Crippen LogP contribution in [0.25, 0.3) is 4.85 Å². The fourth-order valence-corrected chi connectivity index (χ4v) is 1.32. The van der Waals surface area contributed by atoms with Crippen LogP contribution in [0.4, 0.5) is 0 Å². The van der Waals surface area contributed by atoms with Gasteiger partial charge in [0.25, 0.3) is 0 Å². The largest absolute Gasteiger partial charge is 0.303 e. The molecule has 0 aliphatic carbocycles. The van der Waals surface area contributed by atoms with E-state index in [0.717, 1.165) is 5.56 Å². The number of hydrogen-bond acceptors (Lipinski definition) is 2. The zero-order valence-electron chi connectivity index (χ0n) is 5.15. The van der Waals surface area contributed by atoms with E-state index in [1.165, 1.54) is 11.3 Å². The molecule has 0 fully saturated rings. The third-order valence-corrected chi connectivity index (χ3v) is 1.85. The molecule has 2 nitrogen and oxygen atoms in total. The van der Waals surface area contributed by atoms with E-state index in [4.69, 9.17) is 6.57 Å². The van der Waals surface area contributed by atoms with Crippen molar-refractivity contribution in [2.75, 3.05) is 0 Å². The van der Waals surface area contributed by atoms with Gasteiger partial charge in [0.05, 0.1) is 5.56 Å². The molecule has 0 amide bonds. The number of hydrogen-bond donors (Lipinski definition) is 0. The maximum absolute atomic E-state index is 10.2. The summed E-state index contributed by atoms with van der Waals surface area (Å²) >= 11 is 1.50. The zero-order valence-corrected chi connectivity index (χ0v) is 5.97. The minimum absolute atomic E-state index is 0.591. The summed E-state index contributed by atoms with van der Waals surface area (Å²) in [7, 11) is 0. The first kappa shape index (κ1) is 6.97. The molecule has 0 saturated heterocycles. The molecule has 0 saturated carbocycles. The first-order valence-electron chi connectivity index (χ1n) is 2.72. The third kappa shape index (κ3) is 1.23. The lowest BCUT2D eigenvalue weighted by atomic mass is 10.2. The van der Waals surface area contributed by atoms with Gasteiger partial charge in [0, 0.05) is 5.38 Å². The smallest absolute Gasteiger partial charge is 0.300 e. The molecule has 0 aliphatic rings. The molecule has 0 aliphatic heterocycles. The van der Waals surface area contributed by atoms with E-state index in [9.17, 15) is 4.79 Å². The predicted octanol–water partition coefficient (Wildman–Crippen LogP) is 1.91. The quantitative estimate of drug-likeness (QED) is 0.467. The summed E-state index contributed by atoms with van der Waals surface area (Å²) in [4.78, 5) is 13.4. The fourth-order valence-electron chi connectivity index (χ4n) is 0.627. The van der Waals surface area contributed by atoms with E-state index in [2.05, 4.69) is 4.85 Å². The fraction of sp³-hybridized carbons (Fsp3) is 0.143. The van der Waals surface area contributed by atoms with Crippen molar-refractivity contribution in [1.29, 1.82) is 0 Å². The Balaban J connectivity index is 2.86. The van der Waals surface area contributed by atoms with E-state index in [-0.39, 0.29) is 0 Å². The zero-order chi connectivity index (χ0) is 7.40. The Hall–Kier alpha value is -1.14. The van der Waals surface area contributed by atoms with Gasteiger partial charge in [0.1, 0.15) is 0 Å². The molecule has 1 heterocycles. The molecule has 0 N–H and O–H groups in total. The molecular weight excluding hydrogens is 146 g/mol. The predicted molar refractivity (Wildman–Crippen MR) is 39.7 cm³/mol. The second-order valence-corrected chi connectivity index (χ2v) is 2.55. The second kappa shape index (κ2) is 3.14. The van der Waals surface area contributed by atoms with Crippen LogP contribution in [0.3, 0.4) is 0 Å². The van der Waals surface area contributed by atoms with E-state index >= 15 is 0 Å². The standard InChI is InChI=1S/C7H5NOS/c1-8-7(4-9)6-2-3-10-5-6/h2-5,7H. The topological polar surface area (TPSA) is 21.4 Å². The van der Waals surface area contributed by atoms with Gasteiger partial charge in [-0.1, -0.05) is 0 Å². The normalized spacial score (nSPS) is 11.9. The average Bonchev–Trinajstić information content (AvgIpc) is 2.43. The van der Waals surface area contributed by atoms with Gasteiger partial charge in [-0.2, -0.15) is 11.3 Å². The molecule has 0 radical (unpaired) electrons. The molecule has 0 aromatic carbocycles. The second-order valence-electron chi connectivity index (χ2n) is 1.77. The molecular formula is C7H5NOS. The van der Waals surface area contributed by atoms with Gasteiger partial charge in [0.2, 0.25) is 6.29 Å². The summed E-state index contributed by atoms with van der Waals surface area (Å²) in [5.74, 6) is 0. The molecule has 1 aromatic rings. The molecule has 1 atom stereocenters. The molecule has 10 heavy (non-hydrogen) atoms. The van der Waals surface area contributed by atoms with Crippen molar-refractivity contribution in [2.45, 2.75) is 6.04 Å². The maximum atomic E-state index is 10.2. The molecule has 1 aromatic heterocycles. The van der Waals surface area contributed by atoms with Gasteiger partial charge < -0.3 is 4.85 Å². The van der Waals surface area contributed by atoms with Crippen LogP contribution in [0.15, 0.2) is 16.8 Å². The van der Waals surface area contributed by atoms with Gasteiger partial charge >= 0.3 is 6.04 Å². The van der Waals surface area contributed by atoms with E-state index in [1.54, 1.807) is 6.07 Å². The van der Waals surface area contributed by atoms with Crippen molar-refractivity contribution in [3.05, 3.63) is 33.8 Å². The minimum atomic E-state index is -0.591. The third-order valence-electron chi connectivity index (χ3n) is 1.15. The van der Waals surface area contributed by atoms with Gasteiger partial charge in [-0.25, -0.2) is 6.57 Å². The van der Waals surface area contributed by atoms with Crippen molar-refractivity contribution >= 4 is 17.6 Å². The van der Waals surface area contributed by atoms with Gasteiger partial charge in [-0.15, -0.1) is 0 Å². The van der Waals surface area contributed by atoms with Crippen LogP contribution in [0.5, 0.6) is 0 Å². The molecule has 1 rings (SSSR count). The molecule has 0 bridgehead atoms. The first-order chi connectivity index (χ1) is 4.88. The minimum Gasteiger partial charge on any atom is -0.300 e. The summed E-state index contributed by atoms with van der Waals surface area (Å²) in [5.41, 5.74) is 0.801. The molecule has 50 valence electrons. The Kier molecular flexibility index (Phi) is 2.19. The van der Waals surface area contributed by atoms with Crippen LogP contribution in [0.1, 0.15) is 11.6 Å². The monoisotopic (exact) mass is 151 g/mol. The number of rotatable bonds is 2. The summed E-state index contributed by atoms with van der Waals surface area (Å²) < 4.78 is 0. The summed E-state index contributed by atoms with van der Waals surface area (Å²) in [6.45, 7) is 6.63. The highest BCUT2D eigenvalue weighted by atomic mass is 32.1. The van der Waals surface area contributed by atoms with Crippen LogP contribution in [0.2, 0.25) is 0 Å². The van der Waals surface area contributed by atoms with E-state index in [0.29, 0.717) is 6.29 Å². The Morgan fingerprint density at radius 1 is 1.80 bits per heavy atom. The SMILES string of the molecule is [C-]#[N+]C(C=O)c1ccsc1. The number of carbonyl (C=O) groups is 1. The highest BCUT2D eigenvalue weighted by Crippen LogP contribution is 2.17. The first-order valence-corrected chi connectivity index (χ1v) is 3.66. The number of thiophene rings is 1. The van der Waals surface area contributed by atoms with Crippen molar-refractivity contribution in [3.8, 4) is 0 Å². The van der Waals surface area contributed by atoms with Gasteiger partial charge in [-0.05, 0) is 11.4 Å². The van der Waals surface area contributed by atoms with Crippen LogP contribution < -0.4 is 0 Å². The van der Waals surface area contributed by atoms with Crippen molar-refractivity contribution < 1.29 is 4.79 Å². The Labute approximate surface area is 62.9 Å². The molecule has 1 unspecified atom stereocenters. The van der Waals surface area contributed by atoms with Gasteiger partial charge in [-0.3, -0.25) is 4.79 Å². The summed E-state index contributed by atoms with van der Waals surface area (Å²) in [6.07, 6.45) is 0.662. The Morgan fingerprint density at radius 2 is 2.60 bits per heavy atom. The van der Waals surface area contributed by atoms with Crippen LogP contribution >= 0.6 is 11.3 Å². The lowest BCUT2D eigenvalue weighted by Crippen LogP contribution is -1.89. The van der Waals surface area contributed by atoms with Crippen LogP contribution in [-0.2, 0) is 4.79 Å². The van der Waals surface area contributed by atoms with Crippen molar-refractivity contribution in [3.63, 3.8) is 0 Å². The van der Waals surface area contributed by atoms with Crippen molar-refractivity contribution in [2.24, 2.45) is 0 Å². The maximum Gasteiger partial charge on any atom is 0.303 e. The number of nitrogens with zero attached hydrogens (tertiary/aromatic N) is 1. The number of carbonyl (C=O) groups excluding carboxylic acids is 1. The lowest BCUT2D eigenvalue weighted by Gasteiger charge is -1.88. The average molecular weight is 151 g/mol. The Bertz CT molecular complexity index is 247. The Morgan fingerprint density at radius 3 is 3.00 bits per heavy atom. The highest BCUT2D eigenvalue weighted by molar-refractivity contribution is 7.08. The summed E-state index contributed by atoms with van der Waals surface area (Å²) in [6, 6.07) is 1.20. The highest BCUT2D eigenvalue weighted by Gasteiger charge is 2.12. The van der Waals surface area contributed by atoms with E-state index in [1.807, 2.05) is 10.8 Å².